The Hall–Kier alpha value is -1.62. The molecule has 1 unspecified atom stereocenters. The van der Waals surface area contributed by atoms with Gasteiger partial charge in [-0.15, -0.1) is 0 Å². The number of thiocarbonyl (C=S) groups is 1. The molecule has 0 spiro atoms. The van der Waals surface area contributed by atoms with Crippen LogP contribution in [0.1, 0.15) is 25.8 Å². The van der Waals surface area contributed by atoms with Crippen LogP contribution < -0.4 is 15.8 Å². The second-order valence-corrected chi connectivity index (χ2v) is 5.93. The summed E-state index contributed by atoms with van der Waals surface area (Å²) in [5.41, 5.74) is 6.51. The first-order valence-electron chi connectivity index (χ1n) is 6.20. The number of hydrogen-bond donors (Lipinski definition) is 2. The minimum Gasteiger partial charge on any atom is -0.484 e. The quantitative estimate of drug-likeness (QED) is 0.803. The molecule has 0 radical (unpaired) electrons. The summed E-state index contributed by atoms with van der Waals surface area (Å²) in [6.07, 6.45) is 1.03. The molecule has 2 rings (SSSR count). The van der Waals surface area contributed by atoms with Crippen molar-refractivity contribution in [3.63, 3.8) is 0 Å². The molecule has 1 aliphatic rings. The Balaban J connectivity index is 1.79. The van der Waals surface area contributed by atoms with Crippen LogP contribution in [0.15, 0.2) is 24.3 Å². The van der Waals surface area contributed by atoms with E-state index in [4.69, 9.17) is 22.7 Å². The molecule has 1 aromatic rings. The van der Waals surface area contributed by atoms with E-state index in [1.165, 1.54) is 0 Å². The average Bonchev–Trinajstić information content (AvgIpc) is 2.94. The van der Waals surface area contributed by atoms with Crippen LogP contribution in [0.25, 0.3) is 0 Å². The van der Waals surface area contributed by atoms with E-state index in [0.717, 1.165) is 12.0 Å². The molecule has 0 aromatic heterocycles. The lowest BCUT2D eigenvalue weighted by Gasteiger charge is -2.09. The third kappa shape index (κ3) is 3.67. The van der Waals surface area contributed by atoms with Crippen molar-refractivity contribution in [3.8, 4) is 5.75 Å². The van der Waals surface area contributed by atoms with Crippen molar-refractivity contribution in [3.05, 3.63) is 29.8 Å². The van der Waals surface area contributed by atoms with E-state index >= 15 is 0 Å². The Morgan fingerprint density at radius 1 is 1.47 bits per heavy atom. The van der Waals surface area contributed by atoms with E-state index < -0.39 is 0 Å². The summed E-state index contributed by atoms with van der Waals surface area (Å²) in [6, 6.07) is 7.34. The average molecular weight is 278 g/mol. The first-order valence-corrected chi connectivity index (χ1v) is 6.61. The fourth-order valence-electron chi connectivity index (χ4n) is 1.81. The summed E-state index contributed by atoms with van der Waals surface area (Å²) in [4.78, 5) is 12.0. The molecule has 1 aromatic carbocycles. The van der Waals surface area contributed by atoms with Crippen molar-refractivity contribution < 1.29 is 9.53 Å². The molecule has 0 heterocycles. The normalized spacial score (nSPS) is 19.6. The molecular weight excluding hydrogens is 260 g/mol. The molecule has 19 heavy (non-hydrogen) atoms. The van der Waals surface area contributed by atoms with Crippen molar-refractivity contribution in [1.29, 1.82) is 0 Å². The molecular formula is C14H18N2O2S. The Morgan fingerprint density at radius 2 is 2.05 bits per heavy atom. The number of nitrogens with one attached hydrogen (secondary N) is 1. The first-order chi connectivity index (χ1) is 8.88. The third-order valence-electron chi connectivity index (χ3n) is 3.36. The van der Waals surface area contributed by atoms with Crippen LogP contribution in [0.2, 0.25) is 0 Å². The van der Waals surface area contributed by atoms with Crippen molar-refractivity contribution >= 4 is 23.1 Å². The van der Waals surface area contributed by atoms with Gasteiger partial charge in [0.15, 0.2) is 6.61 Å². The summed E-state index contributed by atoms with van der Waals surface area (Å²) in [5, 5.41) is 2.94. The van der Waals surface area contributed by atoms with Crippen LogP contribution >= 0.6 is 12.2 Å². The van der Waals surface area contributed by atoms with Gasteiger partial charge in [-0.25, -0.2) is 0 Å². The summed E-state index contributed by atoms with van der Waals surface area (Å²) in [5.74, 6) is 0.541. The van der Waals surface area contributed by atoms with Crippen LogP contribution in [-0.2, 0) is 4.79 Å². The van der Waals surface area contributed by atoms with E-state index in [-0.39, 0.29) is 24.0 Å². The SMILES string of the molecule is CC1(C)CC1NC(=O)COc1ccc(C(N)=S)cc1. The topological polar surface area (TPSA) is 64.3 Å². The fraction of sp³-hybridized carbons (Fsp3) is 0.429. The third-order valence-corrected chi connectivity index (χ3v) is 3.59. The van der Waals surface area contributed by atoms with E-state index in [1.807, 2.05) is 0 Å². The van der Waals surface area contributed by atoms with Gasteiger partial charge in [-0.2, -0.15) is 0 Å². The number of rotatable bonds is 5. The van der Waals surface area contributed by atoms with Gasteiger partial charge in [-0.1, -0.05) is 26.1 Å². The Labute approximate surface area is 118 Å². The van der Waals surface area contributed by atoms with Gasteiger partial charge in [-0.3, -0.25) is 4.79 Å². The van der Waals surface area contributed by atoms with E-state index in [1.54, 1.807) is 24.3 Å². The Bertz CT molecular complexity index is 497. The maximum Gasteiger partial charge on any atom is 0.258 e. The molecule has 102 valence electrons. The summed E-state index contributed by atoms with van der Waals surface area (Å²) in [7, 11) is 0. The summed E-state index contributed by atoms with van der Waals surface area (Å²) >= 11 is 4.86. The molecule has 1 amide bonds. The molecule has 1 fully saturated rings. The van der Waals surface area contributed by atoms with E-state index in [2.05, 4.69) is 19.2 Å². The van der Waals surface area contributed by atoms with Crippen LogP contribution in [0.3, 0.4) is 0 Å². The zero-order valence-electron chi connectivity index (χ0n) is 11.1. The summed E-state index contributed by atoms with van der Waals surface area (Å²) in [6.45, 7) is 4.29. The Morgan fingerprint density at radius 3 is 2.53 bits per heavy atom. The zero-order valence-corrected chi connectivity index (χ0v) is 11.9. The van der Waals surface area contributed by atoms with Gasteiger partial charge in [0.25, 0.3) is 5.91 Å². The number of carbonyl (C=O) groups is 1. The highest BCUT2D eigenvalue weighted by atomic mass is 32.1. The molecule has 0 bridgehead atoms. The molecule has 5 heteroatoms. The second kappa shape index (κ2) is 5.17. The molecule has 4 nitrogen and oxygen atoms in total. The van der Waals surface area contributed by atoms with Crippen molar-refractivity contribution in [2.45, 2.75) is 26.3 Å². The minimum atomic E-state index is -0.0889. The number of amides is 1. The van der Waals surface area contributed by atoms with Gasteiger partial charge in [0.2, 0.25) is 0 Å². The number of carbonyl (C=O) groups excluding carboxylic acids is 1. The predicted molar refractivity (Wildman–Crippen MR) is 78.2 cm³/mol. The van der Waals surface area contributed by atoms with Gasteiger partial charge in [-0.05, 0) is 36.1 Å². The van der Waals surface area contributed by atoms with Gasteiger partial charge < -0.3 is 15.8 Å². The van der Waals surface area contributed by atoms with Gasteiger partial charge >= 0.3 is 0 Å². The van der Waals surface area contributed by atoms with Crippen LogP contribution in [0.4, 0.5) is 0 Å². The minimum absolute atomic E-state index is 0.0268. The Kier molecular flexibility index (Phi) is 3.75. The highest BCUT2D eigenvalue weighted by Gasteiger charge is 2.46. The lowest BCUT2D eigenvalue weighted by Crippen LogP contribution is -2.32. The van der Waals surface area contributed by atoms with Gasteiger partial charge in [0.05, 0.1) is 0 Å². The van der Waals surface area contributed by atoms with Crippen molar-refractivity contribution in [1.82, 2.24) is 5.32 Å². The molecule has 1 atom stereocenters. The lowest BCUT2D eigenvalue weighted by atomic mass is 10.2. The van der Waals surface area contributed by atoms with Crippen LogP contribution in [-0.4, -0.2) is 23.5 Å². The monoisotopic (exact) mass is 278 g/mol. The number of nitrogens with two attached hydrogens (primary N) is 1. The molecule has 1 saturated carbocycles. The van der Waals surface area contributed by atoms with Crippen LogP contribution in [0.5, 0.6) is 5.75 Å². The largest absolute Gasteiger partial charge is 0.484 e. The maximum absolute atomic E-state index is 11.7. The predicted octanol–water partition coefficient (Wildman–Crippen LogP) is 1.61. The van der Waals surface area contributed by atoms with E-state index in [9.17, 15) is 4.79 Å². The zero-order chi connectivity index (χ0) is 14.0. The van der Waals surface area contributed by atoms with Crippen molar-refractivity contribution in [2.75, 3.05) is 6.61 Å². The second-order valence-electron chi connectivity index (χ2n) is 5.49. The number of ether oxygens (including phenoxy) is 1. The molecule has 1 aliphatic carbocycles. The fourth-order valence-corrected chi connectivity index (χ4v) is 1.95. The molecule has 0 saturated heterocycles. The van der Waals surface area contributed by atoms with E-state index in [0.29, 0.717) is 10.7 Å². The highest BCUT2D eigenvalue weighted by Crippen LogP contribution is 2.44. The molecule has 0 aliphatic heterocycles. The number of hydrogen-bond acceptors (Lipinski definition) is 3. The summed E-state index contributed by atoms with van der Waals surface area (Å²) < 4.78 is 5.40. The standard InChI is InChI=1S/C14H18N2O2S/c1-14(2)7-11(14)16-12(17)8-18-10-5-3-9(4-6-10)13(15)19/h3-6,11H,7-8H2,1-2H3,(H2,15,19)(H,16,17). The maximum atomic E-state index is 11.7. The van der Waals surface area contributed by atoms with Crippen molar-refractivity contribution in [2.24, 2.45) is 11.1 Å². The first kappa shape index (κ1) is 13.8. The van der Waals surface area contributed by atoms with Gasteiger partial charge in [0, 0.05) is 11.6 Å². The number of benzene rings is 1. The molecule has 3 N–H and O–H groups in total. The highest BCUT2D eigenvalue weighted by molar-refractivity contribution is 7.80. The lowest BCUT2D eigenvalue weighted by molar-refractivity contribution is -0.123. The van der Waals surface area contributed by atoms with Crippen LogP contribution in [0, 0.1) is 5.41 Å². The van der Waals surface area contributed by atoms with Gasteiger partial charge in [0.1, 0.15) is 10.7 Å². The smallest absolute Gasteiger partial charge is 0.258 e.